The van der Waals surface area contributed by atoms with Crippen LogP contribution in [-0.4, -0.2) is 10.8 Å². The Hall–Kier alpha value is -2.31. The number of rotatable bonds is 5. The van der Waals surface area contributed by atoms with Gasteiger partial charge < -0.3 is 11.1 Å². The SMILES string of the molecule is NC(=O)C(Nc1ccccc1[N+](=O)[O-])c1c(Cl)cccc1Cl. The first-order chi connectivity index (χ1) is 10.4. The van der Waals surface area contributed by atoms with Crippen LogP contribution >= 0.6 is 23.2 Å². The Morgan fingerprint density at radius 2 is 1.73 bits per heavy atom. The number of carbonyl (C=O) groups excluding carboxylic acids is 1. The molecule has 0 aliphatic heterocycles. The van der Waals surface area contributed by atoms with Crippen molar-refractivity contribution < 1.29 is 9.72 Å². The first-order valence-electron chi connectivity index (χ1n) is 6.15. The highest BCUT2D eigenvalue weighted by Crippen LogP contribution is 2.34. The summed E-state index contributed by atoms with van der Waals surface area (Å²) >= 11 is 12.1. The normalized spacial score (nSPS) is 11.7. The van der Waals surface area contributed by atoms with Crippen molar-refractivity contribution in [3.63, 3.8) is 0 Å². The number of anilines is 1. The van der Waals surface area contributed by atoms with Crippen molar-refractivity contribution in [2.45, 2.75) is 6.04 Å². The summed E-state index contributed by atoms with van der Waals surface area (Å²) in [7, 11) is 0. The average Bonchev–Trinajstić information content (AvgIpc) is 2.46. The van der Waals surface area contributed by atoms with E-state index in [1.807, 2.05) is 0 Å². The van der Waals surface area contributed by atoms with Crippen LogP contribution in [-0.2, 0) is 4.79 Å². The largest absolute Gasteiger partial charge is 0.368 e. The lowest BCUT2D eigenvalue weighted by molar-refractivity contribution is -0.384. The minimum absolute atomic E-state index is 0.146. The molecule has 1 atom stereocenters. The second kappa shape index (κ2) is 6.64. The fourth-order valence-electron chi connectivity index (χ4n) is 1.98. The zero-order valence-electron chi connectivity index (χ0n) is 11.1. The van der Waals surface area contributed by atoms with Gasteiger partial charge in [-0.25, -0.2) is 0 Å². The summed E-state index contributed by atoms with van der Waals surface area (Å²) < 4.78 is 0. The fourth-order valence-corrected chi connectivity index (χ4v) is 2.60. The molecule has 0 heterocycles. The van der Waals surface area contributed by atoms with E-state index in [1.54, 1.807) is 24.3 Å². The number of amides is 1. The highest BCUT2D eigenvalue weighted by Gasteiger charge is 2.25. The third-order valence-electron chi connectivity index (χ3n) is 2.97. The highest BCUT2D eigenvalue weighted by molar-refractivity contribution is 6.36. The third-order valence-corrected chi connectivity index (χ3v) is 3.63. The molecule has 3 N–H and O–H groups in total. The van der Waals surface area contributed by atoms with Gasteiger partial charge >= 0.3 is 0 Å². The molecule has 114 valence electrons. The Morgan fingerprint density at radius 3 is 2.27 bits per heavy atom. The molecule has 0 radical (unpaired) electrons. The molecule has 1 unspecified atom stereocenters. The lowest BCUT2D eigenvalue weighted by atomic mass is 10.1. The second-order valence-corrected chi connectivity index (χ2v) is 5.20. The van der Waals surface area contributed by atoms with Crippen molar-refractivity contribution in [1.29, 1.82) is 0 Å². The minimum atomic E-state index is -1.10. The van der Waals surface area contributed by atoms with Gasteiger partial charge in [0, 0.05) is 21.7 Å². The maximum absolute atomic E-state index is 11.8. The monoisotopic (exact) mass is 339 g/mol. The molecule has 0 aromatic heterocycles. The van der Waals surface area contributed by atoms with E-state index >= 15 is 0 Å². The summed E-state index contributed by atoms with van der Waals surface area (Å²) in [5.41, 5.74) is 5.63. The number of nitrogens with two attached hydrogens (primary N) is 1. The zero-order valence-corrected chi connectivity index (χ0v) is 12.6. The van der Waals surface area contributed by atoms with Gasteiger partial charge in [0.15, 0.2) is 0 Å². The molecule has 6 nitrogen and oxygen atoms in total. The Balaban J connectivity index is 2.48. The van der Waals surface area contributed by atoms with Gasteiger partial charge in [0.05, 0.1) is 4.92 Å². The summed E-state index contributed by atoms with van der Waals surface area (Å²) in [5, 5.41) is 14.3. The number of benzene rings is 2. The Morgan fingerprint density at radius 1 is 1.14 bits per heavy atom. The molecular weight excluding hydrogens is 329 g/mol. The van der Waals surface area contributed by atoms with E-state index in [1.165, 1.54) is 18.2 Å². The molecule has 0 saturated carbocycles. The molecule has 0 bridgehead atoms. The number of para-hydroxylation sites is 2. The van der Waals surface area contributed by atoms with E-state index in [2.05, 4.69) is 5.32 Å². The van der Waals surface area contributed by atoms with Crippen LogP contribution in [0.25, 0.3) is 0 Å². The van der Waals surface area contributed by atoms with Crippen LogP contribution in [0.15, 0.2) is 42.5 Å². The molecule has 1 amide bonds. The fraction of sp³-hybridized carbons (Fsp3) is 0.0714. The van der Waals surface area contributed by atoms with Crippen LogP contribution in [0.1, 0.15) is 11.6 Å². The highest BCUT2D eigenvalue weighted by atomic mass is 35.5. The summed E-state index contributed by atoms with van der Waals surface area (Å²) in [6.45, 7) is 0. The van der Waals surface area contributed by atoms with Crippen LogP contribution in [0.5, 0.6) is 0 Å². The van der Waals surface area contributed by atoms with Crippen molar-refractivity contribution in [1.82, 2.24) is 0 Å². The number of nitro groups is 1. The molecule has 2 aromatic rings. The minimum Gasteiger partial charge on any atom is -0.368 e. The number of primary amides is 1. The summed E-state index contributed by atoms with van der Waals surface area (Å²) in [6, 6.07) is 9.54. The molecule has 0 spiro atoms. The summed E-state index contributed by atoms with van der Waals surface area (Å²) in [6.07, 6.45) is 0. The van der Waals surface area contributed by atoms with Crippen LogP contribution in [0.4, 0.5) is 11.4 Å². The average molecular weight is 340 g/mol. The Bertz CT molecular complexity index is 717. The third kappa shape index (κ3) is 3.29. The van der Waals surface area contributed by atoms with Gasteiger partial charge in [-0.3, -0.25) is 14.9 Å². The van der Waals surface area contributed by atoms with Crippen molar-refractivity contribution >= 4 is 40.5 Å². The van der Waals surface area contributed by atoms with Crippen molar-refractivity contribution in [2.24, 2.45) is 5.73 Å². The molecule has 2 rings (SSSR count). The molecule has 0 saturated heterocycles. The zero-order chi connectivity index (χ0) is 16.3. The van der Waals surface area contributed by atoms with Crippen molar-refractivity contribution in [3.8, 4) is 0 Å². The predicted molar refractivity (Wildman–Crippen MR) is 85.1 cm³/mol. The molecular formula is C14H11Cl2N3O3. The van der Waals surface area contributed by atoms with E-state index < -0.39 is 16.9 Å². The number of hydrogen-bond acceptors (Lipinski definition) is 4. The van der Waals surface area contributed by atoms with Gasteiger partial charge in [0.1, 0.15) is 11.7 Å². The van der Waals surface area contributed by atoms with Gasteiger partial charge in [-0.1, -0.05) is 41.4 Å². The van der Waals surface area contributed by atoms with E-state index in [0.29, 0.717) is 0 Å². The number of hydrogen-bond donors (Lipinski definition) is 2. The quantitative estimate of drug-likeness (QED) is 0.642. The van der Waals surface area contributed by atoms with Gasteiger partial charge in [-0.05, 0) is 18.2 Å². The molecule has 0 aliphatic carbocycles. The molecule has 0 aliphatic rings. The van der Waals surface area contributed by atoms with E-state index in [-0.39, 0.29) is 27.0 Å². The van der Waals surface area contributed by atoms with E-state index in [4.69, 9.17) is 28.9 Å². The van der Waals surface area contributed by atoms with Crippen molar-refractivity contribution in [2.75, 3.05) is 5.32 Å². The number of nitrogens with zero attached hydrogens (tertiary/aromatic N) is 1. The standard InChI is InChI=1S/C14H11Cl2N3O3/c15-8-4-3-5-9(16)12(8)13(14(17)20)18-10-6-1-2-7-11(10)19(21)22/h1-7,13,18H,(H2,17,20). The number of halogens is 2. The lowest BCUT2D eigenvalue weighted by Gasteiger charge is -2.19. The van der Waals surface area contributed by atoms with Gasteiger partial charge in [-0.2, -0.15) is 0 Å². The molecule has 22 heavy (non-hydrogen) atoms. The van der Waals surface area contributed by atoms with Gasteiger partial charge in [0.2, 0.25) is 5.91 Å². The first-order valence-corrected chi connectivity index (χ1v) is 6.90. The Labute approximate surface area is 136 Å². The second-order valence-electron chi connectivity index (χ2n) is 4.39. The first kappa shape index (κ1) is 16.1. The molecule has 0 fully saturated rings. The van der Waals surface area contributed by atoms with Crippen LogP contribution in [0.3, 0.4) is 0 Å². The van der Waals surface area contributed by atoms with Crippen molar-refractivity contribution in [3.05, 3.63) is 68.2 Å². The molecule has 8 heteroatoms. The number of carbonyl (C=O) groups is 1. The van der Waals surface area contributed by atoms with Gasteiger partial charge in [0.25, 0.3) is 5.69 Å². The number of nitro benzene ring substituents is 1. The smallest absolute Gasteiger partial charge is 0.292 e. The van der Waals surface area contributed by atoms with Gasteiger partial charge in [-0.15, -0.1) is 0 Å². The lowest BCUT2D eigenvalue weighted by Crippen LogP contribution is -2.28. The summed E-state index contributed by atoms with van der Waals surface area (Å²) in [4.78, 5) is 22.2. The maximum atomic E-state index is 11.8. The van der Waals surface area contributed by atoms with Crippen LogP contribution in [0.2, 0.25) is 10.0 Å². The number of nitrogens with one attached hydrogen (secondary N) is 1. The topological polar surface area (TPSA) is 98.3 Å². The maximum Gasteiger partial charge on any atom is 0.292 e. The van der Waals surface area contributed by atoms with Crippen LogP contribution < -0.4 is 11.1 Å². The van der Waals surface area contributed by atoms with Crippen LogP contribution in [0, 0.1) is 10.1 Å². The Kier molecular flexibility index (Phi) is 4.85. The predicted octanol–water partition coefficient (Wildman–Crippen LogP) is 3.54. The summed E-state index contributed by atoms with van der Waals surface area (Å²) in [5.74, 6) is -0.756. The molecule has 2 aromatic carbocycles. The van der Waals surface area contributed by atoms with E-state index in [0.717, 1.165) is 0 Å². The van der Waals surface area contributed by atoms with E-state index in [9.17, 15) is 14.9 Å².